The monoisotopic (exact) mass is 597 g/mol. The molecule has 198 valence electrons. The maximum Gasteiger partial charge on any atom is 0.301 e. The molecular weight excluding hydrogens is 577 g/mol. The van der Waals surface area contributed by atoms with E-state index in [9.17, 15) is 14.7 Å². The number of Topliss-reactive ketones (excluding diaryl/α,β-unsaturated/α-hetero) is 1. The molecule has 1 saturated heterocycles. The lowest BCUT2D eigenvalue weighted by molar-refractivity contribution is -0.132. The molecule has 5 rings (SSSR count). The standard InChI is InChI=1S/C28H21Cl2N3O4S2/c1-2-37-19-11-8-17(9-12-19)24(34)22-23(20-13-10-18(29)14-21(20)30)33(26(36)25(22)35)27-31-32-28(39-27)38-15-16-6-4-3-5-7-16/h3-14,23,34H,2,15H2,1H3/b24-22-. The molecule has 1 aliphatic heterocycles. The van der Waals surface area contributed by atoms with E-state index in [0.29, 0.717) is 38.6 Å². The summed E-state index contributed by atoms with van der Waals surface area (Å²) >= 11 is 15.3. The maximum atomic E-state index is 13.4. The molecule has 0 spiro atoms. The van der Waals surface area contributed by atoms with Gasteiger partial charge < -0.3 is 9.84 Å². The first-order valence-electron chi connectivity index (χ1n) is 11.9. The van der Waals surface area contributed by atoms with Gasteiger partial charge in [-0.3, -0.25) is 14.5 Å². The summed E-state index contributed by atoms with van der Waals surface area (Å²) in [7, 11) is 0. The van der Waals surface area contributed by atoms with E-state index in [1.165, 1.54) is 34.1 Å². The second kappa shape index (κ2) is 11.8. The number of anilines is 1. The number of aromatic nitrogens is 2. The van der Waals surface area contributed by atoms with Gasteiger partial charge in [0.15, 0.2) is 4.34 Å². The van der Waals surface area contributed by atoms with Crippen molar-refractivity contribution in [2.24, 2.45) is 0 Å². The third-order valence-corrected chi connectivity index (χ3v) is 8.64. The van der Waals surface area contributed by atoms with Crippen LogP contribution in [0.1, 0.15) is 29.7 Å². The molecule has 4 aromatic rings. The third kappa shape index (κ3) is 5.67. The maximum absolute atomic E-state index is 13.4. The van der Waals surface area contributed by atoms with Crippen LogP contribution in [0.15, 0.2) is 82.7 Å². The predicted octanol–water partition coefficient (Wildman–Crippen LogP) is 7.16. The van der Waals surface area contributed by atoms with Crippen LogP contribution in [0, 0.1) is 0 Å². The molecule has 0 radical (unpaired) electrons. The number of hydrogen-bond acceptors (Lipinski definition) is 8. The number of aliphatic hydroxyl groups is 1. The molecule has 1 aromatic heterocycles. The lowest BCUT2D eigenvalue weighted by Crippen LogP contribution is -2.29. The van der Waals surface area contributed by atoms with E-state index in [-0.39, 0.29) is 21.5 Å². The minimum absolute atomic E-state index is 0.109. The molecule has 3 aromatic carbocycles. The topological polar surface area (TPSA) is 92.6 Å². The minimum Gasteiger partial charge on any atom is -0.507 e. The summed E-state index contributed by atoms with van der Waals surface area (Å²) < 4.78 is 6.10. The molecule has 2 heterocycles. The van der Waals surface area contributed by atoms with E-state index in [4.69, 9.17) is 27.9 Å². The quantitative estimate of drug-likeness (QED) is 0.0756. The van der Waals surface area contributed by atoms with E-state index < -0.39 is 17.7 Å². The zero-order valence-corrected chi connectivity index (χ0v) is 23.7. The van der Waals surface area contributed by atoms with Gasteiger partial charge in [0.05, 0.1) is 18.2 Å². The van der Waals surface area contributed by atoms with Gasteiger partial charge in [0.1, 0.15) is 11.5 Å². The summed E-state index contributed by atoms with van der Waals surface area (Å²) in [6.45, 7) is 2.35. The number of ether oxygens (including phenoxy) is 1. The van der Waals surface area contributed by atoms with Gasteiger partial charge in [0.25, 0.3) is 5.78 Å². The van der Waals surface area contributed by atoms with Crippen LogP contribution in [0.5, 0.6) is 5.75 Å². The van der Waals surface area contributed by atoms with Crippen molar-refractivity contribution in [3.8, 4) is 5.75 Å². The van der Waals surface area contributed by atoms with Gasteiger partial charge >= 0.3 is 5.91 Å². The van der Waals surface area contributed by atoms with Crippen LogP contribution in [0.3, 0.4) is 0 Å². The number of amides is 1. The van der Waals surface area contributed by atoms with Crippen LogP contribution >= 0.6 is 46.3 Å². The highest BCUT2D eigenvalue weighted by atomic mass is 35.5. The molecular formula is C28H21Cl2N3O4S2. The molecule has 0 saturated carbocycles. The van der Waals surface area contributed by atoms with Crippen LogP contribution in [0.25, 0.3) is 5.76 Å². The summed E-state index contributed by atoms with van der Waals surface area (Å²) in [6, 6.07) is 20.2. The molecule has 1 fully saturated rings. The molecule has 1 N–H and O–H groups in total. The average molecular weight is 599 g/mol. The van der Waals surface area contributed by atoms with Crippen LogP contribution in [0.2, 0.25) is 10.0 Å². The summed E-state index contributed by atoms with van der Waals surface area (Å²) in [5, 5.41) is 20.6. The van der Waals surface area contributed by atoms with Gasteiger partial charge in [-0.1, -0.05) is 82.7 Å². The highest BCUT2D eigenvalue weighted by Crippen LogP contribution is 2.46. The number of carbonyl (C=O) groups is 2. The summed E-state index contributed by atoms with van der Waals surface area (Å²) in [4.78, 5) is 28.1. The van der Waals surface area contributed by atoms with Crippen LogP contribution in [-0.4, -0.2) is 33.6 Å². The molecule has 11 heteroatoms. The van der Waals surface area contributed by atoms with Gasteiger partial charge in [0.2, 0.25) is 5.13 Å². The molecule has 1 amide bonds. The Kier molecular flexibility index (Phi) is 8.23. The van der Waals surface area contributed by atoms with Gasteiger partial charge in [-0.05, 0) is 54.4 Å². The fraction of sp³-hybridized carbons (Fsp3) is 0.143. The van der Waals surface area contributed by atoms with Gasteiger partial charge in [-0.2, -0.15) is 0 Å². The summed E-state index contributed by atoms with van der Waals surface area (Å²) in [5.41, 5.74) is 1.77. The Labute approximate surface area is 243 Å². The number of thioether (sulfide) groups is 1. The third-order valence-electron chi connectivity index (χ3n) is 5.95. The average Bonchev–Trinajstić information content (AvgIpc) is 3.50. The Morgan fingerprint density at radius 2 is 1.79 bits per heavy atom. The fourth-order valence-electron chi connectivity index (χ4n) is 4.16. The Balaban J connectivity index is 1.56. The SMILES string of the molecule is CCOc1ccc(/C(O)=C2/C(=O)C(=O)N(c3nnc(SCc4ccccc4)s3)C2c2ccc(Cl)cc2Cl)cc1. The van der Waals surface area contributed by atoms with Crippen molar-refractivity contribution >= 4 is 68.9 Å². The molecule has 0 bridgehead atoms. The number of aliphatic hydroxyl groups excluding tert-OH is 1. The van der Waals surface area contributed by atoms with E-state index in [0.717, 1.165) is 5.56 Å². The second-order valence-electron chi connectivity index (χ2n) is 8.42. The largest absolute Gasteiger partial charge is 0.507 e. The molecule has 1 atom stereocenters. The van der Waals surface area contributed by atoms with Gasteiger partial charge in [-0.25, -0.2) is 0 Å². The zero-order valence-electron chi connectivity index (χ0n) is 20.5. The highest BCUT2D eigenvalue weighted by Gasteiger charge is 2.49. The number of halogens is 2. The number of nitrogens with zero attached hydrogens (tertiary/aromatic N) is 3. The number of ketones is 1. The molecule has 39 heavy (non-hydrogen) atoms. The van der Waals surface area contributed by atoms with Crippen molar-refractivity contribution in [3.63, 3.8) is 0 Å². The number of carbonyl (C=O) groups excluding carboxylic acids is 2. The first-order valence-corrected chi connectivity index (χ1v) is 14.4. The van der Waals surface area contributed by atoms with Gasteiger partial charge in [0, 0.05) is 21.4 Å². The van der Waals surface area contributed by atoms with Crippen molar-refractivity contribution in [1.82, 2.24) is 10.2 Å². The molecule has 1 unspecified atom stereocenters. The van der Waals surface area contributed by atoms with E-state index >= 15 is 0 Å². The Morgan fingerprint density at radius 1 is 1.05 bits per heavy atom. The first-order chi connectivity index (χ1) is 18.9. The Morgan fingerprint density at radius 3 is 2.49 bits per heavy atom. The van der Waals surface area contributed by atoms with E-state index in [2.05, 4.69) is 10.2 Å². The lowest BCUT2D eigenvalue weighted by atomic mass is 9.95. The molecule has 0 aliphatic carbocycles. The van der Waals surface area contributed by atoms with Gasteiger partial charge in [-0.15, -0.1) is 10.2 Å². The fourth-order valence-corrected chi connectivity index (χ4v) is 6.49. The molecule has 7 nitrogen and oxygen atoms in total. The normalized spacial score (nSPS) is 16.6. The lowest BCUT2D eigenvalue weighted by Gasteiger charge is -2.23. The highest BCUT2D eigenvalue weighted by molar-refractivity contribution is 8.00. The van der Waals surface area contributed by atoms with Crippen molar-refractivity contribution in [3.05, 3.63) is 105 Å². The second-order valence-corrected chi connectivity index (χ2v) is 11.4. The van der Waals surface area contributed by atoms with Crippen molar-refractivity contribution in [2.45, 2.75) is 23.1 Å². The number of hydrogen-bond donors (Lipinski definition) is 1. The predicted molar refractivity (Wildman–Crippen MR) is 155 cm³/mol. The smallest absolute Gasteiger partial charge is 0.301 e. The van der Waals surface area contributed by atoms with Crippen LogP contribution < -0.4 is 9.64 Å². The minimum atomic E-state index is -1.04. The number of benzene rings is 3. The van der Waals surface area contributed by atoms with Crippen molar-refractivity contribution in [2.75, 3.05) is 11.5 Å². The summed E-state index contributed by atoms with van der Waals surface area (Å²) in [6.07, 6.45) is 0. The molecule has 1 aliphatic rings. The van der Waals surface area contributed by atoms with Crippen molar-refractivity contribution in [1.29, 1.82) is 0 Å². The Hall–Kier alpha value is -3.37. The summed E-state index contributed by atoms with van der Waals surface area (Å²) in [5.74, 6) is -0.752. The van der Waals surface area contributed by atoms with E-state index in [1.807, 2.05) is 37.3 Å². The number of rotatable bonds is 8. The van der Waals surface area contributed by atoms with Crippen LogP contribution in [-0.2, 0) is 15.3 Å². The van der Waals surface area contributed by atoms with E-state index in [1.54, 1.807) is 36.4 Å². The van der Waals surface area contributed by atoms with Crippen molar-refractivity contribution < 1.29 is 19.4 Å². The van der Waals surface area contributed by atoms with Crippen LogP contribution in [0.4, 0.5) is 5.13 Å². The first kappa shape index (κ1) is 27.2. The Bertz CT molecular complexity index is 1560. The zero-order chi connectivity index (χ0) is 27.5.